The SMILES string of the molecule is CNCc1ccc(N(C)CC2CCCCC2)cc1. The van der Waals surface area contributed by atoms with Crippen molar-refractivity contribution in [3.8, 4) is 0 Å². The van der Waals surface area contributed by atoms with E-state index in [0.717, 1.165) is 12.5 Å². The predicted octanol–water partition coefficient (Wildman–Crippen LogP) is 3.42. The lowest BCUT2D eigenvalue weighted by Crippen LogP contribution is -2.26. The Balaban J connectivity index is 1.89. The zero-order chi connectivity index (χ0) is 12.8. The molecule has 0 radical (unpaired) electrons. The molecule has 2 heteroatoms. The first-order chi connectivity index (χ1) is 8.79. The summed E-state index contributed by atoms with van der Waals surface area (Å²) < 4.78 is 0. The van der Waals surface area contributed by atoms with Crippen LogP contribution in [0.4, 0.5) is 5.69 Å². The summed E-state index contributed by atoms with van der Waals surface area (Å²) >= 11 is 0. The molecule has 2 rings (SSSR count). The first-order valence-corrected chi connectivity index (χ1v) is 7.24. The smallest absolute Gasteiger partial charge is 0.0363 e. The first-order valence-electron chi connectivity index (χ1n) is 7.24. The van der Waals surface area contributed by atoms with Crippen LogP contribution in [0.15, 0.2) is 24.3 Å². The average molecular weight is 246 g/mol. The van der Waals surface area contributed by atoms with Crippen molar-refractivity contribution in [1.29, 1.82) is 0 Å². The van der Waals surface area contributed by atoms with E-state index in [-0.39, 0.29) is 0 Å². The molecule has 0 spiro atoms. The van der Waals surface area contributed by atoms with Gasteiger partial charge in [0, 0.05) is 25.8 Å². The molecule has 18 heavy (non-hydrogen) atoms. The number of benzene rings is 1. The number of nitrogens with one attached hydrogen (secondary N) is 1. The lowest BCUT2D eigenvalue weighted by atomic mass is 9.89. The van der Waals surface area contributed by atoms with Gasteiger partial charge in [-0.05, 0) is 43.5 Å². The molecule has 0 atom stereocenters. The molecule has 0 saturated heterocycles. The largest absolute Gasteiger partial charge is 0.374 e. The maximum atomic E-state index is 3.18. The summed E-state index contributed by atoms with van der Waals surface area (Å²) in [4.78, 5) is 2.42. The summed E-state index contributed by atoms with van der Waals surface area (Å²) in [5, 5.41) is 3.18. The van der Waals surface area contributed by atoms with Crippen LogP contribution in [0.3, 0.4) is 0 Å². The van der Waals surface area contributed by atoms with Gasteiger partial charge in [0.15, 0.2) is 0 Å². The quantitative estimate of drug-likeness (QED) is 0.856. The van der Waals surface area contributed by atoms with E-state index < -0.39 is 0 Å². The molecule has 1 aliphatic rings. The molecule has 0 unspecified atom stereocenters. The van der Waals surface area contributed by atoms with Crippen LogP contribution in [0, 0.1) is 5.92 Å². The molecule has 100 valence electrons. The Hall–Kier alpha value is -1.02. The van der Waals surface area contributed by atoms with E-state index >= 15 is 0 Å². The van der Waals surface area contributed by atoms with Gasteiger partial charge in [-0.25, -0.2) is 0 Å². The van der Waals surface area contributed by atoms with Crippen molar-refractivity contribution in [3.63, 3.8) is 0 Å². The van der Waals surface area contributed by atoms with E-state index in [1.54, 1.807) is 0 Å². The number of anilines is 1. The van der Waals surface area contributed by atoms with Crippen molar-refractivity contribution >= 4 is 5.69 Å². The van der Waals surface area contributed by atoms with Crippen molar-refractivity contribution in [1.82, 2.24) is 5.32 Å². The number of rotatable bonds is 5. The summed E-state index contributed by atoms with van der Waals surface area (Å²) in [5.74, 6) is 0.903. The second kappa shape index (κ2) is 6.79. The maximum Gasteiger partial charge on any atom is 0.0363 e. The first kappa shape index (κ1) is 13.4. The minimum Gasteiger partial charge on any atom is -0.374 e. The van der Waals surface area contributed by atoms with Crippen LogP contribution in [0.5, 0.6) is 0 Å². The number of hydrogen-bond acceptors (Lipinski definition) is 2. The standard InChI is InChI=1S/C16H26N2/c1-17-12-14-8-10-16(11-9-14)18(2)13-15-6-4-3-5-7-15/h8-11,15,17H,3-7,12-13H2,1-2H3. The van der Waals surface area contributed by atoms with Crippen LogP contribution in [-0.4, -0.2) is 20.6 Å². The van der Waals surface area contributed by atoms with Crippen molar-refractivity contribution in [2.45, 2.75) is 38.6 Å². The van der Waals surface area contributed by atoms with Crippen molar-refractivity contribution in [2.75, 3.05) is 25.5 Å². The molecule has 1 aromatic carbocycles. The van der Waals surface area contributed by atoms with Crippen LogP contribution in [-0.2, 0) is 6.54 Å². The van der Waals surface area contributed by atoms with E-state index in [2.05, 4.69) is 41.5 Å². The van der Waals surface area contributed by atoms with E-state index in [9.17, 15) is 0 Å². The van der Waals surface area contributed by atoms with Gasteiger partial charge in [-0.2, -0.15) is 0 Å². The van der Waals surface area contributed by atoms with Gasteiger partial charge in [-0.15, -0.1) is 0 Å². The third kappa shape index (κ3) is 3.74. The van der Waals surface area contributed by atoms with Gasteiger partial charge in [0.1, 0.15) is 0 Å². The zero-order valence-corrected chi connectivity index (χ0v) is 11.8. The second-order valence-electron chi connectivity index (χ2n) is 5.58. The molecule has 0 amide bonds. The number of nitrogens with zero attached hydrogens (tertiary/aromatic N) is 1. The summed E-state index contributed by atoms with van der Waals surface area (Å²) in [6, 6.07) is 8.94. The summed E-state index contributed by atoms with van der Waals surface area (Å²) in [5.41, 5.74) is 2.70. The van der Waals surface area contributed by atoms with Crippen LogP contribution in [0.1, 0.15) is 37.7 Å². The molecule has 1 N–H and O–H groups in total. The third-order valence-corrected chi connectivity index (χ3v) is 4.01. The fraction of sp³-hybridized carbons (Fsp3) is 0.625. The summed E-state index contributed by atoms with van der Waals surface area (Å²) in [6.07, 6.45) is 7.14. The van der Waals surface area contributed by atoms with Crippen molar-refractivity contribution in [2.24, 2.45) is 5.92 Å². The summed E-state index contributed by atoms with van der Waals surface area (Å²) in [7, 11) is 4.21. The zero-order valence-electron chi connectivity index (χ0n) is 11.8. The van der Waals surface area contributed by atoms with Crippen LogP contribution in [0.25, 0.3) is 0 Å². The minimum atomic E-state index is 0.903. The molecule has 0 aromatic heterocycles. The van der Waals surface area contributed by atoms with E-state index in [0.29, 0.717) is 0 Å². The molecular weight excluding hydrogens is 220 g/mol. The van der Waals surface area contributed by atoms with Crippen LogP contribution < -0.4 is 10.2 Å². The van der Waals surface area contributed by atoms with Gasteiger partial charge >= 0.3 is 0 Å². The Labute approximate surface area is 111 Å². The Morgan fingerprint density at radius 1 is 1.11 bits per heavy atom. The highest BCUT2D eigenvalue weighted by atomic mass is 15.1. The van der Waals surface area contributed by atoms with Crippen molar-refractivity contribution < 1.29 is 0 Å². The highest BCUT2D eigenvalue weighted by Gasteiger charge is 2.15. The average Bonchev–Trinajstić information content (AvgIpc) is 2.41. The van der Waals surface area contributed by atoms with Gasteiger partial charge in [-0.3, -0.25) is 0 Å². The lowest BCUT2D eigenvalue weighted by molar-refractivity contribution is 0.362. The number of hydrogen-bond donors (Lipinski definition) is 1. The molecule has 0 heterocycles. The van der Waals surface area contributed by atoms with Gasteiger partial charge in [0.05, 0.1) is 0 Å². The van der Waals surface area contributed by atoms with E-state index in [1.807, 2.05) is 7.05 Å². The fourth-order valence-corrected chi connectivity index (χ4v) is 2.93. The molecular formula is C16H26N2. The van der Waals surface area contributed by atoms with Gasteiger partial charge in [0.2, 0.25) is 0 Å². The van der Waals surface area contributed by atoms with Gasteiger partial charge in [0.25, 0.3) is 0 Å². The Kier molecular flexibility index (Phi) is 5.06. The fourth-order valence-electron chi connectivity index (χ4n) is 2.93. The molecule has 1 saturated carbocycles. The Morgan fingerprint density at radius 2 is 1.78 bits per heavy atom. The van der Waals surface area contributed by atoms with Crippen LogP contribution in [0.2, 0.25) is 0 Å². The minimum absolute atomic E-state index is 0.903. The van der Waals surface area contributed by atoms with Crippen LogP contribution >= 0.6 is 0 Å². The highest BCUT2D eigenvalue weighted by Crippen LogP contribution is 2.25. The maximum absolute atomic E-state index is 3.18. The molecule has 1 aromatic rings. The predicted molar refractivity (Wildman–Crippen MR) is 79.1 cm³/mol. The molecule has 1 aliphatic carbocycles. The molecule has 0 bridgehead atoms. The third-order valence-electron chi connectivity index (χ3n) is 4.01. The molecule has 1 fully saturated rings. The topological polar surface area (TPSA) is 15.3 Å². The van der Waals surface area contributed by atoms with Gasteiger partial charge < -0.3 is 10.2 Å². The molecule has 0 aliphatic heterocycles. The summed E-state index contributed by atoms with van der Waals surface area (Å²) in [6.45, 7) is 2.16. The molecule has 2 nitrogen and oxygen atoms in total. The Morgan fingerprint density at radius 3 is 2.39 bits per heavy atom. The normalized spacial score (nSPS) is 16.8. The van der Waals surface area contributed by atoms with Crippen molar-refractivity contribution in [3.05, 3.63) is 29.8 Å². The van der Waals surface area contributed by atoms with E-state index in [4.69, 9.17) is 0 Å². The van der Waals surface area contributed by atoms with E-state index in [1.165, 1.54) is 49.9 Å². The lowest BCUT2D eigenvalue weighted by Gasteiger charge is -2.28. The second-order valence-corrected chi connectivity index (χ2v) is 5.58. The Bertz CT molecular complexity index is 339. The highest BCUT2D eigenvalue weighted by molar-refractivity contribution is 5.46. The monoisotopic (exact) mass is 246 g/mol. The van der Waals surface area contributed by atoms with Gasteiger partial charge in [-0.1, -0.05) is 31.4 Å².